The number of likely N-dealkylation sites (tertiary alicyclic amines) is 1. The Kier molecular flexibility index (Phi) is 4.57. The largest absolute Gasteiger partial charge is 0.384 e. The Labute approximate surface area is 135 Å². The Bertz CT molecular complexity index is 683. The molecule has 7 nitrogen and oxygen atoms in total. The Morgan fingerprint density at radius 1 is 1.57 bits per heavy atom. The van der Waals surface area contributed by atoms with E-state index in [4.69, 9.17) is 5.73 Å². The van der Waals surface area contributed by atoms with Crippen LogP contribution in [0.15, 0.2) is 24.5 Å². The quantitative estimate of drug-likeness (QED) is 0.798. The number of aromatic amines is 1. The van der Waals surface area contributed by atoms with Gasteiger partial charge in [0.2, 0.25) is 5.91 Å². The van der Waals surface area contributed by atoms with Crippen LogP contribution in [0, 0.1) is 0 Å². The maximum atomic E-state index is 11.3. The molecule has 2 aromatic rings. The number of aromatic nitrogens is 3. The van der Waals surface area contributed by atoms with Crippen LogP contribution >= 0.6 is 0 Å². The summed E-state index contributed by atoms with van der Waals surface area (Å²) in [6.45, 7) is 4.35. The number of nitrogens with zero attached hydrogens (tertiary/aromatic N) is 3. The van der Waals surface area contributed by atoms with Crippen LogP contribution in [0.3, 0.4) is 0 Å². The highest BCUT2D eigenvalue weighted by Gasteiger charge is 2.25. The van der Waals surface area contributed by atoms with Crippen molar-refractivity contribution in [2.45, 2.75) is 32.2 Å². The normalized spacial score (nSPS) is 18.7. The second-order valence-corrected chi connectivity index (χ2v) is 6.04. The minimum absolute atomic E-state index is 0.0763. The van der Waals surface area contributed by atoms with Gasteiger partial charge in [0.05, 0.1) is 17.6 Å². The fraction of sp³-hybridized carbons (Fsp3) is 0.438. The van der Waals surface area contributed by atoms with Crippen LogP contribution in [0.5, 0.6) is 0 Å². The van der Waals surface area contributed by atoms with Gasteiger partial charge in [0.1, 0.15) is 5.82 Å². The lowest BCUT2D eigenvalue weighted by Gasteiger charge is -2.32. The zero-order valence-electron chi connectivity index (χ0n) is 13.2. The van der Waals surface area contributed by atoms with E-state index in [9.17, 15) is 4.79 Å². The molecule has 122 valence electrons. The number of carbonyl (C=O) groups is 1. The zero-order valence-corrected chi connectivity index (χ0v) is 13.2. The highest BCUT2D eigenvalue weighted by atomic mass is 16.1. The third-order valence-corrected chi connectivity index (χ3v) is 4.14. The minimum atomic E-state index is -0.0763. The molecule has 0 aromatic carbocycles. The van der Waals surface area contributed by atoms with E-state index in [1.54, 1.807) is 12.4 Å². The Morgan fingerprint density at radius 2 is 2.43 bits per heavy atom. The molecule has 23 heavy (non-hydrogen) atoms. The molecule has 1 unspecified atom stereocenters. The number of nitrogens with two attached hydrogens (primary N) is 1. The number of amides is 1. The van der Waals surface area contributed by atoms with E-state index in [1.807, 2.05) is 12.1 Å². The third-order valence-electron chi connectivity index (χ3n) is 4.14. The number of pyridine rings is 1. The molecule has 1 amide bonds. The number of hydrogen-bond acceptors (Lipinski definition) is 5. The van der Waals surface area contributed by atoms with Crippen molar-refractivity contribution in [2.24, 2.45) is 0 Å². The summed E-state index contributed by atoms with van der Waals surface area (Å²) in [5, 5.41) is 9.99. The van der Waals surface area contributed by atoms with Crippen LogP contribution in [0.25, 0.3) is 0 Å². The summed E-state index contributed by atoms with van der Waals surface area (Å²) in [5.41, 5.74) is 8.72. The second-order valence-electron chi connectivity index (χ2n) is 6.04. The maximum absolute atomic E-state index is 11.3. The van der Waals surface area contributed by atoms with Gasteiger partial charge in [-0.1, -0.05) is 0 Å². The van der Waals surface area contributed by atoms with Gasteiger partial charge in [-0.05, 0) is 37.1 Å². The van der Waals surface area contributed by atoms with Crippen molar-refractivity contribution in [3.05, 3.63) is 35.8 Å². The van der Waals surface area contributed by atoms with Crippen molar-refractivity contribution in [1.82, 2.24) is 20.1 Å². The van der Waals surface area contributed by atoms with Gasteiger partial charge in [0.15, 0.2) is 0 Å². The van der Waals surface area contributed by atoms with Crippen LogP contribution in [0.2, 0.25) is 0 Å². The van der Waals surface area contributed by atoms with Gasteiger partial charge in [0, 0.05) is 32.1 Å². The van der Waals surface area contributed by atoms with Crippen LogP contribution < -0.4 is 11.1 Å². The summed E-state index contributed by atoms with van der Waals surface area (Å²) in [4.78, 5) is 17.7. The first-order chi connectivity index (χ1) is 11.1. The van der Waals surface area contributed by atoms with Gasteiger partial charge in [-0.25, -0.2) is 4.98 Å². The van der Waals surface area contributed by atoms with Crippen LogP contribution in [-0.4, -0.2) is 39.1 Å². The minimum Gasteiger partial charge on any atom is -0.384 e. The number of piperidine rings is 1. The van der Waals surface area contributed by atoms with E-state index >= 15 is 0 Å². The summed E-state index contributed by atoms with van der Waals surface area (Å²) in [7, 11) is 0. The lowest BCUT2D eigenvalue weighted by molar-refractivity contribution is -0.114. The molecule has 7 heteroatoms. The summed E-state index contributed by atoms with van der Waals surface area (Å²) in [6, 6.07) is 3.92. The Hall–Kier alpha value is -2.41. The highest BCUT2D eigenvalue weighted by molar-refractivity contribution is 5.89. The van der Waals surface area contributed by atoms with Crippen molar-refractivity contribution < 1.29 is 4.79 Å². The number of nitrogen functional groups attached to an aromatic ring is 1. The van der Waals surface area contributed by atoms with Crippen LogP contribution in [0.4, 0.5) is 11.5 Å². The number of anilines is 2. The lowest BCUT2D eigenvalue weighted by Crippen LogP contribution is -2.34. The molecule has 0 radical (unpaired) electrons. The van der Waals surface area contributed by atoms with Crippen molar-refractivity contribution in [2.75, 3.05) is 24.1 Å². The number of hydrogen-bond donors (Lipinski definition) is 3. The molecule has 3 rings (SSSR count). The molecule has 4 N–H and O–H groups in total. The van der Waals surface area contributed by atoms with Crippen molar-refractivity contribution in [1.29, 1.82) is 0 Å². The maximum Gasteiger partial charge on any atom is 0.221 e. The molecule has 1 aliphatic rings. The number of rotatable bonds is 4. The van der Waals surface area contributed by atoms with Crippen LogP contribution in [0.1, 0.15) is 36.9 Å². The van der Waals surface area contributed by atoms with Gasteiger partial charge in [0.25, 0.3) is 0 Å². The molecule has 0 spiro atoms. The van der Waals surface area contributed by atoms with Crippen molar-refractivity contribution in [3.8, 4) is 0 Å². The van der Waals surface area contributed by atoms with Crippen molar-refractivity contribution in [3.63, 3.8) is 0 Å². The van der Waals surface area contributed by atoms with Gasteiger partial charge >= 0.3 is 0 Å². The van der Waals surface area contributed by atoms with Gasteiger partial charge in [-0.2, -0.15) is 5.10 Å². The lowest BCUT2D eigenvalue weighted by atomic mass is 9.93. The number of nitrogens with one attached hydrogen (secondary N) is 2. The van der Waals surface area contributed by atoms with Gasteiger partial charge in [-0.15, -0.1) is 0 Å². The summed E-state index contributed by atoms with van der Waals surface area (Å²) in [6.07, 6.45) is 5.63. The van der Waals surface area contributed by atoms with Crippen molar-refractivity contribution >= 4 is 17.4 Å². The van der Waals surface area contributed by atoms with Gasteiger partial charge < -0.3 is 11.1 Å². The number of carbonyl (C=O) groups excluding carboxylic acids is 1. The average Bonchev–Trinajstić information content (AvgIpc) is 2.95. The zero-order chi connectivity index (χ0) is 16.2. The Morgan fingerprint density at radius 3 is 3.22 bits per heavy atom. The molecule has 1 saturated heterocycles. The summed E-state index contributed by atoms with van der Waals surface area (Å²) >= 11 is 0. The molecule has 0 saturated carbocycles. The van der Waals surface area contributed by atoms with Crippen LogP contribution in [-0.2, 0) is 11.3 Å². The highest BCUT2D eigenvalue weighted by Crippen LogP contribution is 2.30. The predicted octanol–water partition coefficient (Wildman–Crippen LogP) is 1.72. The van der Waals surface area contributed by atoms with E-state index in [1.165, 1.54) is 12.5 Å². The SMILES string of the molecule is CC(=O)Nc1cn[nH]c1C1CCCN(Cc2ccnc(N)c2)C1. The molecule has 1 aliphatic heterocycles. The molecular weight excluding hydrogens is 292 g/mol. The van der Waals surface area contributed by atoms with E-state index in [0.717, 1.165) is 43.9 Å². The second kappa shape index (κ2) is 6.78. The van der Waals surface area contributed by atoms with E-state index in [2.05, 4.69) is 25.4 Å². The van der Waals surface area contributed by atoms with E-state index in [-0.39, 0.29) is 5.91 Å². The summed E-state index contributed by atoms with van der Waals surface area (Å²) in [5.74, 6) is 0.817. The first-order valence-corrected chi connectivity index (χ1v) is 7.85. The molecular formula is C16H22N6O. The first-order valence-electron chi connectivity index (χ1n) is 7.85. The smallest absolute Gasteiger partial charge is 0.221 e. The number of H-pyrrole nitrogens is 1. The molecule has 0 bridgehead atoms. The predicted molar refractivity (Wildman–Crippen MR) is 88.8 cm³/mol. The molecule has 2 aromatic heterocycles. The topological polar surface area (TPSA) is 99.9 Å². The van der Waals surface area contributed by atoms with Gasteiger partial charge in [-0.3, -0.25) is 14.8 Å². The summed E-state index contributed by atoms with van der Waals surface area (Å²) < 4.78 is 0. The fourth-order valence-corrected chi connectivity index (χ4v) is 3.18. The molecule has 1 fully saturated rings. The Balaban J connectivity index is 1.69. The average molecular weight is 314 g/mol. The third kappa shape index (κ3) is 3.87. The standard InChI is InChI=1S/C16H22N6O/c1-11(23)20-14-8-19-21-16(14)13-3-2-6-22(10-13)9-12-4-5-18-15(17)7-12/h4-5,7-8,13H,2-3,6,9-10H2,1H3,(H2,17,18)(H,19,21)(H,20,23). The molecule has 3 heterocycles. The molecule has 1 atom stereocenters. The fourth-order valence-electron chi connectivity index (χ4n) is 3.18. The van der Waals surface area contributed by atoms with E-state index in [0.29, 0.717) is 11.7 Å². The van der Waals surface area contributed by atoms with E-state index < -0.39 is 0 Å². The first kappa shape index (κ1) is 15.5. The monoisotopic (exact) mass is 314 g/mol. The molecule has 0 aliphatic carbocycles.